The van der Waals surface area contributed by atoms with Crippen LogP contribution in [0.4, 0.5) is 0 Å². The number of cyclic esters (lactones) is 1. The van der Waals surface area contributed by atoms with Crippen LogP contribution < -0.4 is 10.4 Å². The molecule has 13 nitrogen and oxygen atoms in total. The molecule has 0 aromatic heterocycles. The zero-order valence-corrected chi connectivity index (χ0v) is 52.2. The Hall–Kier alpha value is -2.84. The normalized spacial score (nSPS) is 37.7. The summed E-state index contributed by atoms with van der Waals surface area (Å²) >= 11 is 2.50. The second-order valence-electron chi connectivity index (χ2n) is 25.4. The number of piperidine rings is 1. The summed E-state index contributed by atoms with van der Waals surface area (Å²) in [7, 11) is 2.23. The molecular formula is C63H92INO12Si. The van der Waals surface area contributed by atoms with Gasteiger partial charge in [0.05, 0.1) is 37.1 Å². The number of amides is 1. The van der Waals surface area contributed by atoms with Gasteiger partial charge in [-0.05, 0) is 131 Å². The van der Waals surface area contributed by atoms with Gasteiger partial charge >= 0.3 is 5.97 Å². The molecule has 6 aliphatic rings. The van der Waals surface area contributed by atoms with Crippen molar-refractivity contribution in [2.45, 2.75) is 215 Å². The molecular weight excluding hydrogens is 1120 g/mol. The molecule has 0 N–H and O–H groups in total. The lowest BCUT2D eigenvalue weighted by Gasteiger charge is -2.54. The number of hydrogen-bond acceptors (Lipinski definition) is 12. The molecule has 5 heterocycles. The molecule has 432 valence electrons. The fraction of sp³-hybridized carbons (Fsp3) is 0.698. The van der Waals surface area contributed by atoms with Crippen molar-refractivity contribution in [1.82, 2.24) is 4.90 Å². The minimum atomic E-state index is -2.89. The van der Waals surface area contributed by atoms with E-state index in [1.54, 1.807) is 21.3 Å². The first kappa shape index (κ1) is 61.2. The minimum absolute atomic E-state index is 0.0765. The first-order valence-corrected chi connectivity index (χ1v) is 32.3. The van der Waals surface area contributed by atoms with Gasteiger partial charge in [-0.2, -0.15) is 0 Å². The second-order valence-corrected chi connectivity index (χ2v) is 31.4. The maximum atomic E-state index is 15.2. The average Bonchev–Trinajstić information content (AvgIpc) is 3.50. The Morgan fingerprint density at radius 2 is 1.46 bits per heavy atom. The lowest BCUT2D eigenvalue weighted by molar-refractivity contribution is -0.422. The largest absolute Gasteiger partial charge is 0.456 e. The summed E-state index contributed by atoms with van der Waals surface area (Å²) in [6.07, 6.45) is 7.92. The average molecular weight is 1210 g/mol. The summed E-state index contributed by atoms with van der Waals surface area (Å²) in [4.78, 5) is 46.0. The topological polar surface area (TPSA) is 138 Å². The van der Waals surface area contributed by atoms with Crippen molar-refractivity contribution < 1.29 is 56.7 Å². The number of halogens is 1. The number of fused-ring (bicyclic) bond motifs is 4. The second kappa shape index (κ2) is 25.7. The van der Waals surface area contributed by atoms with Crippen LogP contribution in [0.5, 0.6) is 0 Å². The summed E-state index contributed by atoms with van der Waals surface area (Å²) < 4.78 is 61.1. The minimum Gasteiger partial charge on any atom is -0.456 e. The third kappa shape index (κ3) is 13.3. The third-order valence-electron chi connectivity index (χ3n) is 18.1. The molecule has 1 saturated carbocycles. The van der Waals surface area contributed by atoms with Gasteiger partial charge in [-0.3, -0.25) is 9.59 Å². The molecule has 5 aliphatic heterocycles. The summed E-state index contributed by atoms with van der Waals surface area (Å²) in [6.45, 7) is 22.1. The summed E-state index contributed by atoms with van der Waals surface area (Å²) in [6, 6.07) is 20.5. The molecule has 4 bridgehead atoms. The molecule has 16 atom stereocenters. The number of esters is 1. The van der Waals surface area contributed by atoms with Crippen molar-refractivity contribution in [3.8, 4) is 0 Å². The number of methoxy groups -OCH3 is 3. The van der Waals surface area contributed by atoms with Gasteiger partial charge in [-0.25, -0.2) is 4.79 Å². The lowest BCUT2D eigenvalue weighted by atomic mass is 9.79. The molecule has 4 saturated heterocycles. The molecule has 1 aliphatic carbocycles. The van der Waals surface area contributed by atoms with E-state index in [-0.39, 0.29) is 63.4 Å². The number of alkyl halides is 1. The number of benzene rings is 2. The van der Waals surface area contributed by atoms with Crippen LogP contribution in [-0.4, -0.2) is 136 Å². The molecule has 15 heteroatoms. The van der Waals surface area contributed by atoms with Gasteiger partial charge in [0.25, 0.3) is 14.2 Å². The van der Waals surface area contributed by atoms with E-state index in [1.165, 1.54) is 20.8 Å². The molecule has 8 rings (SSSR count). The van der Waals surface area contributed by atoms with Crippen molar-refractivity contribution in [1.29, 1.82) is 0 Å². The van der Waals surface area contributed by atoms with Crippen LogP contribution in [0.25, 0.3) is 0 Å². The molecule has 1 spiro atoms. The monoisotopic (exact) mass is 1210 g/mol. The SMILES string of the molecule is CO[C@H]1C[C@H](C)C/C(C)=C\[C@H]2C[C@H](I)CO[C@@]23C[C@H](OC(C)(C)O3)[C@@H](C)[C@@H](/C(C)=C/[C@@H]2CC[C@@H](O[Si](c3ccccc3)(c3ccccc3)C(C)(C)C)[C@H](OC)C2)OC(=O)[C@@H]2CCCCN2C(=O)C(=O)[C@@H]2O[C@H]1[C@@H](OC)C[C@H]2C. The Morgan fingerprint density at radius 3 is 2.09 bits per heavy atom. The van der Waals surface area contributed by atoms with Crippen molar-refractivity contribution in [3.05, 3.63) is 84.0 Å². The van der Waals surface area contributed by atoms with Gasteiger partial charge in [0.1, 0.15) is 24.4 Å². The van der Waals surface area contributed by atoms with E-state index in [0.717, 1.165) is 31.3 Å². The Bertz CT molecular complexity index is 2370. The molecule has 1 amide bonds. The quantitative estimate of drug-likeness (QED) is 0.0590. The van der Waals surface area contributed by atoms with E-state index in [0.29, 0.717) is 51.6 Å². The van der Waals surface area contributed by atoms with Crippen molar-refractivity contribution in [2.24, 2.45) is 29.6 Å². The molecule has 0 radical (unpaired) electrons. The van der Waals surface area contributed by atoms with Crippen LogP contribution in [0.15, 0.2) is 84.0 Å². The van der Waals surface area contributed by atoms with Gasteiger partial charge in [-0.15, -0.1) is 0 Å². The number of nitrogens with zero attached hydrogens (tertiary/aromatic N) is 1. The number of ether oxygens (including phenoxy) is 8. The number of hydrogen-bond donors (Lipinski definition) is 0. The van der Waals surface area contributed by atoms with E-state index in [1.807, 2.05) is 20.8 Å². The van der Waals surface area contributed by atoms with Crippen LogP contribution in [0.2, 0.25) is 5.04 Å². The molecule has 2 aromatic rings. The lowest BCUT2D eigenvalue weighted by Crippen LogP contribution is -2.68. The van der Waals surface area contributed by atoms with Crippen LogP contribution in [0.1, 0.15) is 140 Å². The number of carbonyl (C=O) groups is 3. The molecule has 5 fully saturated rings. The number of Topliss-reactive ketones (excluding diaryl/α,β-unsaturated/α-hetero) is 1. The van der Waals surface area contributed by atoms with Gasteiger partial charge in [-0.1, -0.05) is 143 Å². The fourth-order valence-corrected chi connectivity index (χ4v) is 19.7. The number of carbonyl (C=O) groups excluding carboxylic acids is 3. The smallest absolute Gasteiger partial charge is 0.329 e. The highest BCUT2D eigenvalue weighted by atomic mass is 127. The molecule has 2 aromatic carbocycles. The fourth-order valence-electron chi connectivity index (χ4n) is 14.3. The maximum absolute atomic E-state index is 15.2. The van der Waals surface area contributed by atoms with E-state index >= 15 is 4.79 Å². The highest BCUT2D eigenvalue weighted by Gasteiger charge is 2.57. The van der Waals surface area contributed by atoms with E-state index in [9.17, 15) is 9.59 Å². The zero-order valence-electron chi connectivity index (χ0n) is 49.0. The van der Waals surface area contributed by atoms with Gasteiger partial charge in [0, 0.05) is 50.1 Å². The highest BCUT2D eigenvalue weighted by molar-refractivity contribution is 14.1. The summed E-state index contributed by atoms with van der Waals surface area (Å²) in [5, 5.41) is 2.26. The van der Waals surface area contributed by atoms with E-state index in [4.69, 9.17) is 42.3 Å². The van der Waals surface area contributed by atoms with Crippen molar-refractivity contribution in [2.75, 3.05) is 34.5 Å². The zero-order chi connectivity index (χ0) is 56.3. The van der Waals surface area contributed by atoms with Crippen LogP contribution >= 0.6 is 22.6 Å². The molecule has 78 heavy (non-hydrogen) atoms. The molecule has 0 unspecified atom stereocenters. The Balaban J connectivity index is 1.15. The van der Waals surface area contributed by atoms with Crippen molar-refractivity contribution in [3.63, 3.8) is 0 Å². The predicted octanol–water partition coefficient (Wildman–Crippen LogP) is 10.5. The van der Waals surface area contributed by atoms with Gasteiger partial charge in [0.2, 0.25) is 5.78 Å². The highest BCUT2D eigenvalue weighted by Crippen LogP contribution is 2.49. The third-order valence-corrected chi connectivity index (χ3v) is 24.0. The maximum Gasteiger partial charge on any atom is 0.329 e. The Labute approximate surface area is 481 Å². The van der Waals surface area contributed by atoms with Gasteiger partial charge < -0.3 is 47.2 Å². The van der Waals surface area contributed by atoms with E-state index in [2.05, 4.69) is 144 Å². The first-order valence-electron chi connectivity index (χ1n) is 29.1. The van der Waals surface area contributed by atoms with E-state index < -0.39 is 74.1 Å². The Morgan fingerprint density at radius 1 is 0.821 bits per heavy atom. The van der Waals surface area contributed by atoms with Crippen LogP contribution in [-0.2, 0) is 56.7 Å². The summed E-state index contributed by atoms with van der Waals surface area (Å²) in [5.74, 6) is -4.52. The number of ketones is 1. The Kier molecular flexibility index (Phi) is 20.2. The number of rotatable bonds is 9. The first-order chi connectivity index (χ1) is 37.0. The van der Waals surface area contributed by atoms with Crippen LogP contribution in [0, 0.1) is 29.6 Å². The summed E-state index contributed by atoms with van der Waals surface area (Å²) in [5.41, 5.74) is 2.10. The number of allylic oxidation sites excluding steroid dienone is 2. The standard InChI is InChI=1S/C63H92INO12Si/c1-39-30-40(2)32-52(70-12)58-53(71-13)34-42(4)57(73-58)55(66)59(67)65-29-21-20-26-49(65)60(68)74-56(43(5)54-37-63(77-62(9,10)75-54)45(31-39)36-46(64)38-72-63)41(3)33-44-27-28-50(51(35-44)69-11)76-78(61(6,7)8,47-22-16-14-17-23-47)48-24-18-15-19-25-48/h14-19,22-25,31,33,40,42-46,49-54,56-58H,20-21,26-30,32,34-38H2,1-13H3/b39-31-,41-33+/t40-,42-,43-,44+,45+,46+,49+,50-,51-,52+,53+,54+,56-,57-,58-,63-/m1/s1. The van der Waals surface area contributed by atoms with Crippen molar-refractivity contribution >= 4 is 58.9 Å². The predicted molar refractivity (Wildman–Crippen MR) is 313 cm³/mol. The van der Waals surface area contributed by atoms with Crippen LogP contribution in [0.3, 0.4) is 0 Å². The van der Waals surface area contributed by atoms with Gasteiger partial charge in [0.15, 0.2) is 11.6 Å².